The normalized spacial score (nSPS) is 18.9. The zero-order valence-corrected chi connectivity index (χ0v) is 14.6. The monoisotopic (exact) mass is 353 g/mol. The maximum atomic E-state index is 11.7. The van der Waals surface area contributed by atoms with Gasteiger partial charge in [0.15, 0.2) is 0 Å². The summed E-state index contributed by atoms with van der Waals surface area (Å²) in [6, 6.07) is 2.10. The molecule has 1 aliphatic heterocycles. The molecular weight excluding hydrogens is 330 g/mol. The fraction of sp³-hybridized carbons (Fsp3) is 0.625. The third-order valence-corrected chi connectivity index (χ3v) is 4.36. The standard InChI is InChI=1S/C16H24BrN3O/c1-11(2)16(21)19-8-13-5-4-6-20(10-13)15-12(3)7-14(17)9-18-15/h7,9,11,13H,4-6,8,10H2,1-3H3,(H,19,21). The van der Waals surface area contributed by atoms with Crippen LogP contribution in [-0.2, 0) is 4.79 Å². The second-order valence-electron chi connectivity index (χ2n) is 6.15. The number of pyridine rings is 1. The highest BCUT2D eigenvalue weighted by atomic mass is 79.9. The Hall–Kier alpha value is -1.10. The molecule has 1 unspecified atom stereocenters. The Labute approximate surface area is 135 Å². The van der Waals surface area contributed by atoms with E-state index < -0.39 is 0 Å². The number of aromatic nitrogens is 1. The molecule has 0 bridgehead atoms. The number of carbonyl (C=O) groups is 1. The fourth-order valence-corrected chi connectivity index (χ4v) is 3.18. The summed E-state index contributed by atoms with van der Waals surface area (Å²) in [5.41, 5.74) is 1.19. The van der Waals surface area contributed by atoms with E-state index in [2.05, 4.69) is 44.1 Å². The number of anilines is 1. The van der Waals surface area contributed by atoms with Crippen molar-refractivity contribution in [1.82, 2.24) is 10.3 Å². The molecule has 2 heterocycles. The van der Waals surface area contributed by atoms with Gasteiger partial charge in [-0.25, -0.2) is 4.98 Å². The maximum Gasteiger partial charge on any atom is 0.222 e. The van der Waals surface area contributed by atoms with Crippen LogP contribution in [0.1, 0.15) is 32.3 Å². The average molecular weight is 354 g/mol. The predicted molar refractivity (Wildman–Crippen MR) is 89.5 cm³/mol. The average Bonchev–Trinajstić information content (AvgIpc) is 2.45. The topological polar surface area (TPSA) is 45.2 Å². The zero-order valence-electron chi connectivity index (χ0n) is 13.0. The number of amides is 1. The molecule has 0 aromatic carbocycles. The first-order valence-corrected chi connectivity index (χ1v) is 8.41. The fourth-order valence-electron chi connectivity index (χ4n) is 2.74. The van der Waals surface area contributed by atoms with Gasteiger partial charge in [-0.05, 0) is 53.2 Å². The molecule has 1 aliphatic rings. The minimum absolute atomic E-state index is 0.0556. The lowest BCUT2D eigenvalue weighted by atomic mass is 9.97. The number of piperidine rings is 1. The van der Waals surface area contributed by atoms with Gasteiger partial charge in [-0.1, -0.05) is 13.8 Å². The SMILES string of the molecule is Cc1cc(Br)cnc1N1CCCC(CNC(=O)C(C)C)C1. The third kappa shape index (κ3) is 4.43. The van der Waals surface area contributed by atoms with Crippen LogP contribution < -0.4 is 10.2 Å². The Bertz CT molecular complexity index is 504. The van der Waals surface area contributed by atoms with Crippen molar-refractivity contribution in [2.75, 3.05) is 24.5 Å². The van der Waals surface area contributed by atoms with E-state index in [1.165, 1.54) is 12.0 Å². The van der Waals surface area contributed by atoms with Gasteiger partial charge in [0.05, 0.1) is 0 Å². The first-order valence-electron chi connectivity index (χ1n) is 7.62. The Morgan fingerprint density at radius 1 is 1.57 bits per heavy atom. The largest absolute Gasteiger partial charge is 0.356 e. The van der Waals surface area contributed by atoms with Gasteiger partial charge in [-0.15, -0.1) is 0 Å². The molecule has 1 saturated heterocycles. The lowest BCUT2D eigenvalue weighted by molar-refractivity contribution is -0.124. The molecule has 116 valence electrons. The molecule has 5 heteroatoms. The summed E-state index contributed by atoms with van der Waals surface area (Å²) in [5, 5.41) is 3.05. The van der Waals surface area contributed by atoms with E-state index in [0.717, 1.165) is 36.3 Å². The van der Waals surface area contributed by atoms with Gasteiger partial charge in [-0.3, -0.25) is 4.79 Å². The van der Waals surface area contributed by atoms with Crippen molar-refractivity contribution in [3.8, 4) is 0 Å². The summed E-state index contributed by atoms with van der Waals surface area (Å²) in [7, 11) is 0. The highest BCUT2D eigenvalue weighted by Crippen LogP contribution is 2.25. The summed E-state index contributed by atoms with van der Waals surface area (Å²) >= 11 is 3.46. The van der Waals surface area contributed by atoms with Crippen LogP contribution in [0.25, 0.3) is 0 Å². The van der Waals surface area contributed by atoms with Gasteiger partial charge in [0.2, 0.25) is 5.91 Å². The molecular formula is C16H24BrN3O. The van der Waals surface area contributed by atoms with Gasteiger partial charge in [0, 0.05) is 36.2 Å². The van der Waals surface area contributed by atoms with Gasteiger partial charge in [-0.2, -0.15) is 0 Å². The number of carbonyl (C=O) groups excluding carboxylic acids is 1. The van der Waals surface area contributed by atoms with E-state index in [1.807, 2.05) is 20.0 Å². The van der Waals surface area contributed by atoms with Crippen molar-refractivity contribution >= 4 is 27.7 Å². The first kappa shape index (κ1) is 16.3. The van der Waals surface area contributed by atoms with Crippen LogP contribution >= 0.6 is 15.9 Å². The Morgan fingerprint density at radius 2 is 2.33 bits per heavy atom. The van der Waals surface area contributed by atoms with E-state index in [0.29, 0.717) is 5.92 Å². The molecule has 2 rings (SSSR count). The number of hydrogen-bond acceptors (Lipinski definition) is 3. The van der Waals surface area contributed by atoms with Crippen LogP contribution in [0.2, 0.25) is 0 Å². The van der Waals surface area contributed by atoms with Gasteiger partial charge in [0.25, 0.3) is 0 Å². The van der Waals surface area contributed by atoms with Crippen molar-refractivity contribution < 1.29 is 4.79 Å². The minimum atomic E-state index is 0.0556. The smallest absolute Gasteiger partial charge is 0.222 e. The molecule has 0 spiro atoms. The van der Waals surface area contributed by atoms with Gasteiger partial charge < -0.3 is 10.2 Å². The van der Waals surface area contributed by atoms with Crippen LogP contribution in [0.4, 0.5) is 5.82 Å². The molecule has 21 heavy (non-hydrogen) atoms. The minimum Gasteiger partial charge on any atom is -0.356 e. The van der Waals surface area contributed by atoms with Crippen molar-refractivity contribution in [3.63, 3.8) is 0 Å². The number of rotatable bonds is 4. The second kappa shape index (κ2) is 7.25. The maximum absolute atomic E-state index is 11.7. The number of aryl methyl sites for hydroxylation is 1. The van der Waals surface area contributed by atoms with Crippen LogP contribution in [0.3, 0.4) is 0 Å². The van der Waals surface area contributed by atoms with E-state index in [9.17, 15) is 4.79 Å². The molecule has 1 atom stereocenters. The first-order chi connectivity index (χ1) is 9.97. The molecule has 1 fully saturated rings. The molecule has 4 nitrogen and oxygen atoms in total. The lowest BCUT2D eigenvalue weighted by Gasteiger charge is -2.34. The van der Waals surface area contributed by atoms with E-state index in [4.69, 9.17) is 0 Å². The second-order valence-corrected chi connectivity index (χ2v) is 7.06. The van der Waals surface area contributed by atoms with Crippen LogP contribution in [0.15, 0.2) is 16.7 Å². The molecule has 0 saturated carbocycles. The number of nitrogens with zero attached hydrogens (tertiary/aromatic N) is 2. The Kier molecular flexibility index (Phi) is 5.62. The van der Waals surface area contributed by atoms with Crippen molar-refractivity contribution in [3.05, 3.63) is 22.3 Å². The van der Waals surface area contributed by atoms with Crippen LogP contribution in [0, 0.1) is 18.8 Å². The molecule has 0 radical (unpaired) electrons. The Morgan fingerprint density at radius 3 is 3.00 bits per heavy atom. The van der Waals surface area contributed by atoms with E-state index in [1.54, 1.807) is 0 Å². The van der Waals surface area contributed by atoms with Crippen molar-refractivity contribution in [2.24, 2.45) is 11.8 Å². The highest BCUT2D eigenvalue weighted by Gasteiger charge is 2.22. The van der Waals surface area contributed by atoms with E-state index >= 15 is 0 Å². The zero-order chi connectivity index (χ0) is 15.4. The predicted octanol–water partition coefficient (Wildman–Crippen LogP) is 3.14. The number of halogens is 1. The summed E-state index contributed by atoms with van der Waals surface area (Å²) in [5.74, 6) is 1.77. The van der Waals surface area contributed by atoms with Crippen molar-refractivity contribution in [2.45, 2.75) is 33.6 Å². The quantitative estimate of drug-likeness (QED) is 0.904. The van der Waals surface area contributed by atoms with Crippen molar-refractivity contribution in [1.29, 1.82) is 0 Å². The summed E-state index contributed by atoms with van der Waals surface area (Å²) < 4.78 is 1.02. The molecule has 0 aliphatic carbocycles. The highest BCUT2D eigenvalue weighted by molar-refractivity contribution is 9.10. The van der Waals surface area contributed by atoms with E-state index in [-0.39, 0.29) is 11.8 Å². The van der Waals surface area contributed by atoms with Gasteiger partial charge in [0.1, 0.15) is 5.82 Å². The molecule has 1 aromatic heterocycles. The molecule has 1 amide bonds. The number of nitrogens with one attached hydrogen (secondary N) is 1. The molecule has 1 N–H and O–H groups in total. The third-order valence-electron chi connectivity index (χ3n) is 3.93. The lowest BCUT2D eigenvalue weighted by Crippen LogP contribution is -2.42. The van der Waals surface area contributed by atoms with Crippen LogP contribution in [0.5, 0.6) is 0 Å². The summed E-state index contributed by atoms with van der Waals surface area (Å²) in [4.78, 5) is 18.6. The summed E-state index contributed by atoms with van der Waals surface area (Å²) in [6.45, 7) is 8.73. The summed E-state index contributed by atoms with van der Waals surface area (Å²) in [6.07, 6.45) is 4.18. The van der Waals surface area contributed by atoms with Gasteiger partial charge >= 0.3 is 0 Å². The number of hydrogen-bond donors (Lipinski definition) is 1. The Balaban J connectivity index is 1.95. The molecule has 1 aromatic rings. The van der Waals surface area contributed by atoms with Crippen LogP contribution in [-0.4, -0.2) is 30.5 Å².